The number of H-pyrrole nitrogens is 1. The van der Waals surface area contributed by atoms with E-state index < -0.39 is 0 Å². The van der Waals surface area contributed by atoms with E-state index in [1.807, 2.05) is 6.07 Å². The molecule has 4 nitrogen and oxygen atoms in total. The number of likely N-dealkylation sites (N-methyl/N-ethyl adjacent to an activating group) is 1. The summed E-state index contributed by atoms with van der Waals surface area (Å²) in [5.74, 6) is 0.984. The number of imidazole rings is 1. The van der Waals surface area contributed by atoms with E-state index in [1.165, 1.54) is 17.5 Å². The van der Waals surface area contributed by atoms with E-state index in [0.29, 0.717) is 6.04 Å². The highest BCUT2D eigenvalue weighted by atomic mass is 32.2. The van der Waals surface area contributed by atoms with Gasteiger partial charge in [-0.1, -0.05) is 67.3 Å². The molecule has 0 saturated carbocycles. The number of para-hydroxylation sites is 2. The van der Waals surface area contributed by atoms with Gasteiger partial charge >= 0.3 is 0 Å². The van der Waals surface area contributed by atoms with E-state index in [9.17, 15) is 0 Å². The standard InChI is InChI=1S/C23H32N4S/c1-5-6-15-27(23-24-21-9-7-8-10-22(21)25-23)17-20(26(3)28-4)16-19-13-11-18(2)12-14-19/h7-14,20H,5-6,15-17H2,1-4H3,(H,24,25). The molecule has 0 aliphatic rings. The first-order valence-electron chi connectivity index (χ1n) is 10.1. The summed E-state index contributed by atoms with van der Waals surface area (Å²) in [5.41, 5.74) is 4.83. The number of aromatic nitrogens is 2. The van der Waals surface area contributed by atoms with E-state index in [2.05, 4.69) is 83.8 Å². The lowest BCUT2D eigenvalue weighted by Crippen LogP contribution is -2.41. The Balaban J connectivity index is 1.83. The minimum absolute atomic E-state index is 0.405. The molecule has 0 fully saturated rings. The third-order valence-electron chi connectivity index (χ3n) is 5.28. The van der Waals surface area contributed by atoms with Crippen LogP contribution in [0.5, 0.6) is 0 Å². The number of hydrogen-bond acceptors (Lipinski definition) is 4. The zero-order valence-electron chi connectivity index (χ0n) is 17.5. The SMILES string of the molecule is CCCCN(CC(Cc1ccc(C)cc1)N(C)SC)c1nc2ccccc2[nH]1. The van der Waals surface area contributed by atoms with E-state index >= 15 is 0 Å². The fraction of sp³-hybridized carbons (Fsp3) is 0.435. The summed E-state index contributed by atoms with van der Waals surface area (Å²) in [6.07, 6.45) is 5.52. The van der Waals surface area contributed by atoms with Gasteiger partial charge in [0.2, 0.25) is 5.95 Å². The molecule has 3 rings (SSSR count). The van der Waals surface area contributed by atoms with Crippen molar-refractivity contribution in [2.75, 3.05) is 31.3 Å². The van der Waals surface area contributed by atoms with Gasteiger partial charge in [0, 0.05) is 19.1 Å². The monoisotopic (exact) mass is 396 g/mol. The van der Waals surface area contributed by atoms with Crippen LogP contribution in [0.1, 0.15) is 30.9 Å². The number of rotatable bonds is 10. The highest BCUT2D eigenvalue weighted by molar-refractivity contribution is 7.96. The normalized spacial score (nSPS) is 12.6. The van der Waals surface area contributed by atoms with Crippen LogP contribution in [0.25, 0.3) is 11.0 Å². The van der Waals surface area contributed by atoms with Crippen LogP contribution in [0, 0.1) is 6.92 Å². The average molecular weight is 397 g/mol. The average Bonchev–Trinajstić information content (AvgIpc) is 3.15. The van der Waals surface area contributed by atoms with Crippen LogP contribution < -0.4 is 4.90 Å². The first kappa shape index (κ1) is 20.7. The summed E-state index contributed by atoms with van der Waals surface area (Å²) in [6.45, 7) is 6.35. The first-order valence-corrected chi connectivity index (χ1v) is 11.3. The third kappa shape index (κ3) is 5.30. The van der Waals surface area contributed by atoms with Gasteiger partial charge < -0.3 is 9.88 Å². The molecule has 5 heteroatoms. The van der Waals surface area contributed by atoms with Crippen LogP contribution in [0.2, 0.25) is 0 Å². The highest BCUT2D eigenvalue weighted by Gasteiger charge is 2.21. The largest absolute Gasteiger partial charge is 0.341 e. The zero-order chi connectivity index (χ0) is 19.9. The number of aryl methyl sites for hydroxylation is 1. The van der Waals surface area contributed by atoms with Crippen molar-refractivity contribution in [2.24, 2.45) is 0 Å². The second kappa shape index (κ2) is 9.99. The number of fused-ring (bicyclic) bond motifs is 1. The Morgan fingerprint density at radius 2 is 1.86 bits per heavy atom. The second-order valence-corrected chi connectivity index (χ2v) is 8.39. The van der Waals surface area contributed by atoms with Gasteiger partial charge in [-0.05, 0) is 50.8 Å². The van der Waals surface area contributed by atoms with Gasteiger partial charge in [-0.3, -0.25) is 0 Å². The van der Waals surface area contributed by atoms with Gasteiger partial charge in [0.15, 0.2) is 0 Å². The Morgan fingerprint density at radius 1 is 1.11 bits per heavy atom. The van der Waals surface area contributed by atoms with Crippen molar-refractivity contribution in [3.8, 4) is 0 Å². The Hall–Kier alpha value is -1.98. The molecule has 0 bridgehead atoms. The number of nitrogens with zero attached hydrogens (tertiary/aromatic N) is 3. The molecule has 1 aromatic heterocycles. The second-order valence-electron chi connectivity index (χ2n) is 7.45. The number of hydrogen-bond donors (Lipinski definition) is 1. The number of nitrogens with one attached hydrogen (secondary N) is 1. The van der Waals surface area contributed by atoms with Gasteiger partial charge in [0.1, 0.15) is 0 Å². The van der Waals surface area contributed by atoms with Gasteiger partial charge in [-0.25, -0.2) is 9.29 Å². The highest BCUT2D eigenvalue weighted by Crippen LogP contribution is 2.21. The molecule has 0 spiro atoms. The molecular weight excluding hydrogens is 364 g/mol. The number of anilines is 1. The molecule has 150 valence electrons. The predicted octanol–water partition coefficient (Wildman–Crippen LogP) is 5.30. The van der Waals surface area contributed by atoms with Crippen LogP contribution in [-0.2, 0) is 6.42 Å². The first-order chi connectivity index (χ1) is 13.6. The van der Waals surface area contributed by atoms with Gasteiger partial charge in [0.05, 0.1) is 11.0 Å². The number of benzene rings is 2. The van der Waals surface area contributed by atoms with E-state index in [1.54, 1.807) is 11.9 Å². The summed E-state index contributed by atoms with van der Waals surface area (Å²) in [6, 6.07) is 17.6. The molecular formula is C23H32N4S. The third-order valence-corrected chi connectivity index (χ3v) is 6.16. The molecule has 1 N–H and O–H groups in total. The maximum absolute atomic E-state index is 4.87. The minimum atomic E-state index is 0.405. The topological polar surface area (TPSA) is 35.2 Å². The Morgan fingerprint density at radius 3 is 2.54 bits per heavy atom. The Bertz CT molecular complexity index is 825. The van der Waals surface area contributed by atoms with Crippen LogP contribution in [-0.4, -0.2) is 46.7 Å². The maximum atomic E-state index is 4.87. The lowest BCUT2D eigenvalue weighted by atomic mass is 10.0. The molecule has 0 radical (unpaired) electrons. The fourth-order valence-electron chi connectivity index (χ4n) is 3.43. The summed E-state index contributed by atoms with van der Waals surface area (Å²) in [5, 5.41) is 0. The molecule has 0 aliphatic carbocycles. The molecule has 1 atom stereocenters. The molecule has 28 heavy (non-hydrogen) atoms. The zero-order valence-corrected chi connectivity index (χ0v) is 18.3. The lowest BCUT2D eigenvalue weighted by Gasteiger charge is -2.32. The smallest absolute Gasteiger partial charge is 0.203 e. The van der Waals surface area contributed by atoms with Crippen molar-refractivity contribution >= 4 is 28.9 Å². The minimum Gasteiger partial charge on any atom is -0.341 e. The van der Waals surface area contributed by atoms with Crippen molar-refractivity contribution in [2.45, 2.75) is 39.2 Å². The summed E-state index contributed by atoms with van der Waals surface area (Å²) < 4.78 is 2.38. The van der Waals surface area contributed by atoms with Crippen LogP contribution in [0.4, 0.5) is 5.95 Å². The molecule has 1 heterocycles. The molecule has 3 aromatic rings. The quantitative estimate of drug-likeness (QED) is 0.472. The summed E-state index contributed by atoms with van der Waals surface area (Å²) in [4.78, 5) is 10.8. The Labute approximate surface area is 173 Å². The maximum Gasteiger partial charge on any atom is 0.203 e. The molecule has 0 saturated heterocycles. The van der Waals surface area contributed by atoms with E-state index in [0.717, 1.165) is 42.9 Å². The molecule has 1 unspecified atom stereocenters. The van der Waals surface area contributed by atoms with Gasteiger partial charge in [-0.2, -0.15) is 0 Å². The van der Waals surface area contributed by atoms with Crippen molar-refractivity contribution < 1.29 is 0 Å². The van der Waals surface area contributed by atoms with Gasteiger partial charge in [-0.15, -0.1) is 0 Å². The van der Waals surface area contributed by atoms with Crippen molar-refractivity contribution in [3.63, 3.8) is 0 Å². The van der Waals surface area contributed by atoms with Crippen molar-refractivity contribution in [1.29, 1.82) is 0 Å². The van der Waals surface area contributed by atoms with Crippen LogP contribution in [0.15, 0.2) is 48.5 Å². The predicted molar refractivity (Wildman–Crippen MR) is 123 cm³/mol. The summed E-state index contributed by atoms with van der Waals surface area (Å²) >= 11 is 1.80. The molecule has 2 aromatic carbocycles. The number of aromatic amines is 1. The fourth-order valence-corrected chi connectivity index (χ4v) is 3.87. The molecule has 0 amide bonds. The van der Waals surface area contributed by atoms with Crippen LogP contribution >= 0.6 is 11.9 Å². The Kier molecular flexibility index (Phi) is 7.40. The summed E-state index contributed by atoms with van der Waals surface area (Å²) in [7, 11) is 2.19. The number of unbranched alkanes of at least 4 members (excludes halogenated alkanes) is 1. The van der Waals surface area contributed by atoms with Gasteiger partial charge in [0.25, 0.3) is 0 Å². The van der Waals surface area contributed by atoms with Crippen LogP contribution in [0.3, 0.4) is 0 Å². The lowest BCUT2D eigenvalue weighted by molar-refractivity contribution is 0.399. The van der Waals surface area contributed by atoms with E-state index in [-0.39, 0.29) is 0 Å². The van der Waals surface area contributed by atoms with Crippen molar-refractivity contribution in [3.05, 3.63) is 59.7 Å². The van der Waals surface area contributed by atoms with E-state index in [4.69, 9.17) is 4.98 Å². The molecule has 0 aliphatic heterocycles. The van der Waals surface area contributed by atoms with Crippen molar-refractivity contribution in [1.82, 2.24) is 14.3 Å².